The van der Waals surface area contributed by atoms with Gasteiger partial charge in [0.05, 0.1) is 12.6 Å². The van der Waals surface area contributed by atoms with Crippen LogP contribution in [0.3, 0.4) is 0 Å². The Morgan fingerprint density at radius 1 is 1.60 bits per heavy atom. The van der Waals surface area contributed by atoms with E-state index in [2.05, 4.69) is 0 Å². The van der Waals surface area contributed by atoms with E-state index in [0.29, 0.717) is 12.5 Å². The molecule has 0 aromatic carbocycles. The number of likely N-dealkylation sites (N-methyl/N-ethyl adjacent to an activating group) is 1. The summed E-state index contributed by atoms with van der Waals surface area (Å²) in [6.07, 6.45) is 0.944. The number of ether oxygens (including phenoxy) is 1. The second-order valence-electron chi connectivity index (χ2n) is 3.57. The van der Waals surface area contributed by atoms with Crippen LogP contribution in [0.5, 0.6) is 0 Å². The molecule has 1 aromatic heterocycles. The molecule has 0 bridgehead atoms. The van der Waals surface area contributed by atoms with Gasteiger partial charge in [-0.05, 0) is 12.5 Å². The van der Waals surface area contributed by atoms with Crippen LogP contribution in [0.1, 0.15) is 17.0 Å². The first-order valence-electron chi connectivity index (χ1n) is 4.82. The highest BCUT2D eigenvalue weighted by molar-refractivity contribution is 5.84. The van der Waals surface area contributed by atoms with Gasteiger partial charge in [0.15, 0.2) is 5.88 Å². The maximum atomic E-state index is 10.6. The lowest BCUT2D eigenvalue weighted by Crippen LogP contribution is -2.31. The molecule has 0 spiro atoms. The third-order valence-electron chi connectivity index (χ3n) is 2.60. The Balaban J connectivity index is 2.10. The zero-order chi connectivity index (χ0) is 10.8. The number of furan rings is 1. The van der Waals surface area contributed by atoms with Gasteiger partial charge in [0.2, 0.25) is 5.76 Å². The fraction of sp³-hybridized carbons (Fsp3) is 0.500. The van der Waals surface area contributed by atoms with Gasteiger partial charge in [-0.2, -0.15) is 0 Å². The summed E-state index contributed by atoms with van der Waals surface area (Å²) >= 11 is 0. The molecule has 1 aliphatic heterocycles. The average Bonchev–Trinajstić information content (AvgIpc) is 2.88. The zero-order valence-electron chi connectivity index (χ0n) is 8.47. The fourth-order valence-electron chi connectivity index (χ4n) is 1.64. The lowest BCUT2D eigenvalue weighted by atomic mass is 10.2. The highest BCUT2D eigenvalue weighted by Gasteiger charge is 2.23. The normalized spacial score (nSPS) is 20.5. The summed E-state index contributed by atoms with van der Waals surface area (Å²) in [5.74, 6) is -0.504. The summed E-state index contributed by atoms with van der Waals surface area (Å²) in [4.78, 5) is 12.5. The molecule has 1 saturated heterocycles. The molecule has 5 nitrogen and oxygen atoms in total. The second kappa shape index (κ2) is 3.94. The first kappa shape index (κ1) is 10.0. The number of carbonyl (C=O) groups is 1. The average molecular weight is 211 g/mol. The maximum absolute atomic E-state index is 10.6. The van der Waals surface area contributed by atoms with Gasteiger partial charge in [-0.15, -0.1) is 0 Å². The largest absolute Gasteiger partial charge is 0.475 e. The molecule has 1 unspecified atom stereocenters. The van der Waals surface area contributed by atoms with Crippen LogP contribution in [-0.2, 0) is 4.74 Å². The van der Waals surface area contributed by atoms with Gasteiger partial charge in [0.25, 0.3) is 0 Å². The van der Waals surface area contributed by atoms with Crippen molar-refractivity contribution in [3.63, 3.8) is 0 Å². The standard InChI is InChI=1S/C10H13NO4/c1-11(7-4-5-14-6-7)9-3-2-8(15-9)10(12)13/h2-3,7H,4-6H2,1H3,(H,12,13). The molecule has 15 heavy (non-hydrogen) atoms. The first-order valence-corrected chi connectivity index (χ1v) is 4.82. The quantitative estimate of drug-likeness (QED) is 0.814. The number of nitrogens with zero attached hydrogens (tertiary/aromatic N) is 1. The minimum absolute atomic E-state index is 0.0317. The van der Waals surface area contributed by atoms with E-state index < -0.39 is 5.97 Å². The number of hydrogen-bond donors (Lipinski definition) is 1. The van der Waals surface area contributed by atoms with Gasteiger partial charge < -0.3 is 19.2 Å². The molecule has 0 saturated carbocycles. The lowest BCUT2D eigenvalue weighted by Gasteiger charge is -2.21. The Morgan fingerprint density at radius 3 is 2.93 bits per heavy atom. The number of anilines is 1. The molecule has 0 aliphatic carbocycles. The molecule has 1 aliphatic rings. The summed E-state index contributed by atoms with van der Waals surface area (Å²) in [7, 11) is 1.88. The van der Waals surface area contributed by atoms with E-state index in [1.807, 2.05) is 11.9 Å². The highest BCUT2D eigenvalue weighted by atomic mass is 16.5. The van der Waals surface area contributed by atoms with E-state index in [9.17, 15) is 4.79 Å². The zero-order valence-corrected chi connectivity index (χ0v) is 8.47. The molecular formula is C10H13NO4. The molecule has 0 radical (unpaired) electrons. The van der Waals surface area contributed by atoms with E-state index in [0.717, 1.165) is 13.0 Å². The van der Waals surface area contributed by atoms with Crippen LogP contribution in [0.4, 0.5) is 5.88 Å². The minimum atomic E-state index is -1.04. The molecule has 1 atom stereocenters. The van der Waals surface area contributed by atoms with Crippen molar-refractivity contribution in [3.8, 4) is 0 Å². The van der Waals surface area contributed by atoms with Crippen LogP contribution in [0.2, 0.25) is 0 Å². The van der Waals surface area contributed by atoms with Gasteiger partial charge in [0.1, 0.15) is 0 Å². The van der Waals surface area contributed by atoms with Gasteiger partial charge in [-0.1, -0.05) is 0 Å². The van der Waals surface area contributed by atoms with E-state index in [4.69, 9.17) is 14.3 Å². The van der Waals surface area contributed by atoms with Crippen molar-refractivity contribution < 1.29 is 19.1 Å². The molecule has 82 valence electrons. The number of rotatable bonds is 3. The van der Waals surface area contributed by atoms with Crippen LogP contribution < -0.4 is 4.90 Å². The number of carboxylic acids is 1. The molecule has 5 heteroatoms. The van der Waals surface area contributed by atoms with Crippen LogP contribution in [0.15, 0.2) is 16.5 Å². The maximum Gasteiger partial charge on any atom is 0.371 e. The third-order valence-corrected chi connectivity index (χ3v) is 2.60. The van der Waals surface area contributed by atoms with Crippen LogP contribution in [0, 0.1) is 0 Å². The Bertz CT molecular complexity index is 354. The topological polar surface area (TPSA) is 62.9 Å². The van der Waals surface area contributed by atoms with Crippen molar-refractivity contribution in [3.05, 3.63) is 17.9 Å². The summed E-state index contributed by atoms with van der Waals surface area (Å²) in [6.45, 7) is 1.42. The van der Waals surface area contributed by atoms with Crippen LogP contribution in [0.25, 0.3) is 0 Å². The fourth-order valence-corrected chi connectivity index (χ4v) is 1.64. The van der Waals surface area contributed by atoms with E-state index >= 15 is 0 Å². The number of aromatic carboxylic acids is 1. The monoisotopic (exact) mass is 211 g/mol. The summed E-state index contributed by atoms with van der Waals surface area (Å²) in [6, 6.07) is 3.41. The number of carboxylic acid groups (broad SMARTS) is 1. The summed E-state index contributed by atoms with van der Waals surface area (Å²) < 4.78 is 10.4. The smallest absolute Gasteiger partial charge is 0.371 e. The van der Waals surface area contributed by atoms with Gasteiger partial charge in [0, 0.05) is 19.7 Å². The predicted octanol–water partition coefficient (Wildman–Crippen LogP) is 1.20. The van der Waals surface area contributed by atoms with E-state index in [1.165, 1.54) is 6.07 Å². The third kappa shape index (κ3) is 1.97. The summed E-state index contributed by atoms with van der Waals surface area (Å²) in [5, 5.41) is 8.71. The van der Waals surface area contributed by atoms with Gasteiger partial charge >= 0.3 is 5.97 Å². The van der Waals surface area contributed by atoms with E-state index in [1.54, 1.807) is 6.07 Å². The SMILES string of the molecule is CN(c1ccc(C(=O)O)o1)C1CCOC1. The molecule has 1 aromatic rings. The van der Waals surface area contributed by atoms with Crippen LogP contribution in [-0.4, -0.2) is 37.4 Å². The Morgan fingerprint density at radius 2 is 2.40 bits per heavy atom. The van der Waals surface area contributed by atoms with Gasteiger partial charge in [-0.3, -0.25) is 0 Å². The predicted molar refractivity (Wildman–Crippen MR) is 53.3 cm³/mol. The van der Waals surface area contributed by atoms with Crippen molar-refractivity contribution in [1.82, 2.24) is 0 Å². The van der Waals surface area contributed by atoms with Crippen molar-refractivity contribution in [2.75, 3.05) is 25.2 Å². The second-order valence-corrected chi connectivity index (χ2v) is 3.57. The van der Waals surface area contributed by atoms with Crippen molar-refractivity contribution in [1.29, 1.82) is 0 Å². The van der Waals surface area contributed by atoms with E-state index in [-0.39, 0.29) is 11.8 Å². The van der Waals surface area contributed by atoms with Gasteiger partial charge in [-0.25, -0.2) is 4.79 Å². The molecule has 2 heterocycles. The number of hydrogen-bond acceptors (Lipinski definition) is 4. The molecule has 1 fully saturated rings. The highest BCUT2D eigenvalue weighted by Crippen LogP contribution is 2.22. The first-order chi connectivity index (χ1) is 7.18. The van der Waals surface area contributed by atoms with Crippen molar-refractivity contribution in [2.45, 2.75) is 12.5 Å². The molecule has 0 amide bonds. The van der Waals surface area contributed by atoms with Crippen LogP contribution >= 0.6 is 0 Å². The summed E-state index contributed by atoms with van der Waals surface area (Å²) in [5.41, 5.74) is 0. The molecule has 1 N–H and O–H groups in total. The molecule has 2 rings (SSSR count). The van der Waals surface area contributed by atoms with Crippen molar-refractivity contribution >= 4 is 11.9 Å². The minimum Gasteiger partial charge on any atom is -0.475 e. The molecular weight excluding hydrogens is 198 g/mol. The Kier molecular flexibility index (Phi) is 2.64. The lowest BCUT2D eigenvalue weighted by molar-refractivity contribution is 0.0663. The van der Waals surface area contributed by atoms with Crippen molar-refractivity contribution in [2.24, 2.45) is 0 Å². The Labute approximate surface area is 87.2 Å². The Hall–Kier alpha value is -1.49.